The summed E-state index contributed by atoms with van der Waals surface area (Å²) >= 11 is 0. The topological polar surface area (TPSA) is 53.4 Å². The van der Waals surface area contributed by atoms with E-state index in [0.717, 1.165) is 12.8 Å². The molecule has 4 heteroatoms. The summed E-state index contributed by atoms with van der Waals surface area (Å²) in [5, 5.41) is 18.1. The van der Waals surface area contributed by atoms with Crippen molar-refractivity contribution in [2.24, 2.45) is 0 Å². The fraction of sp³-hybridized carbons (Fsp3) is 0.375. The van der Waals surface area contributed by atoms with Crippen molar-refractivity contribution in [3.05, 3.63) is 24.0 Å². The summed E-state index contributed by atoms with van der Waals surface area (Å²) < 4.78 is 22.5. The van der Waals surface area contributed by atoms with Gasteiger partial charge in [0.1, 0.15) is 0 Å². The van der Waals surface area contributed by atoms with Gasteiger partial charge in [-0.05, 0) is 30.4 Å². The molecule has 0 amide bonds. The van der Waals surface area contributed by atoms with E-state index in [1.54, 1.807) is 0 Å². The van der Waals surface area contributed by atoms with Gasteiger partial charge in [0.05, 0.1) is 4.11 Å². The van der Waals surface area contributed by atoms with Crippen LogP contribution in [0.3, 0.4) is 0 Å². The lowest BCUT2D eigenvalue weighted by Gasteiger charge is -2.00. The molecule has 1 saturated carbocycles. The molecule has 0 unspecified atom stereocenters. The first-order valence-electron chi connectivity index (χ1n) is 5.36. The van der Waals surface area contributed by atoms with Crippen LogP contribution in [-0.2, 0) is 0 Å². The van der Waals surface area contributed by atoms with Gasteiger partial charge in [0, 0.05) is 17.8 Å². The Labute approximate surface area is 75.4 Å². The van der Waals surface area contributed by atoms with Gasteiger partial charge in [-0.15, -0.1) is 0 Å². The van der Waals surface area contributed by atoms with Crippen LogP contribution in [0.4, 0.5) is 0 Å². The van der Waals surface area contributed by atoms with Crippen LogP contribution in [0, 0.1) is 0 Å². The monoisotopic (exact) mass is 166 g/mol. The first-order valence-corrected chi connectivity index (χ1v) is 3.86. The Balaban J connectivity index is 2.60. The van der Waals surface area contributed by atoms with Gasteiger partial charge in [-0.25, -0.2) is 0 Å². The number of aromatic nitrogens is 1. The summed E-state index contributed by atoms with van der Waals surface area (Å²) in [5.74, 6) is 0.152. The zero-order valence-corrected chi connectivity index (χ0v) is 6.41. The summed E-state index contributed by atoms with van der Waals surface area (Å²) in [6, 6.07) is -0.479. The molecular formula is C8H10BNO2. The largest absolute Gasteiger partial charge is 0.488 e. The molecule has 0 aromatic carbocycles. The van der Waals surface area contributed by atoms with Crippen molar-refractivity contribution in [1.29, 1.82) is 0 Å². The zero-order valence-electron chi connectivity index (χ0n) is 9.41. The number of nitrogens with zero attached hydrogens (tertiary/aromatic N) is 1. The number of hydrogen-bond acceptors (Lipinski definition) is 3. The molecule has 1 aliphatic rings. The van der Waals surface area contributed by atoms with Crippen molar-refractivity contribution < 1.29 is 14.2 Å². The molecule has 2 N–H and O–H groups in total. The van der Waals surface area contributed by atoms with Gasteiger partial charge in [0.15, 0.2) is 0 Å². The molecule has 1 fully saturated rings. The van der Waals surface area contributed by atoms with E-state index in [0.29, 0.717) is 5.69 Å². The van der Waals surface area contributed by atoms with Gasteiger partial charge >= 0.3 is 7.12 Å². The molecule has 2 rings (SSSR count). The second kappa shape index (κ2) is 2.88. The molecule has 0 spiro atoms. The van der Waals surface area contributed by atoms with E-state index in [1.165, 1.54) is 0 Å². The standard InChI is InChI=1S/C8H10BNO2/c11-9(12)7-3-4-10-8(5-7)6-1-2-6/h3-6,11-12H,1-2H2/i3D,4D,5D. The lowest BCUT2D eigenvalue weighted by molar-refractivity contribution is 0.425. The van der Waals surface area contributed by atoms with Crippen LogP contribution in [0.5, 0.6) is 0 Å². The highest BCUT2D eigenvalue weighted by Gasteiger charge is 2.25. The number of hydrogen-bond donors (Lipinski definition) is 2. The first kappa shape index (κ1) is 4.99. The SMILES string of the molecule is [2H]c1nc(C2CC2)c([2H])c(B(O)O)c1[2H]. The lowest BCUT2D eigenvalue weighted by Crippen LogP contribution is -2.30. The third-order valence-corrected chi connectivity index (χ3v) is 1.85. The highest BCUT2D eigenvalue weighted by Crippen LogP contribution is 2.38. The van der Waals surface area contributed by atoms with E-state index in [9.17, 15) is 0 Å². The quantitative estimate of drug-likeness (QED) is 0.589. The van der Waals surface area contributed by atoms with Crippen molar-refractivity contribution in [2.45, 2.75) is 18.8 Å². The molecule has 1 aromatic rings. The summed E-state index contributed by atoms with van der Waals surface area (Å²) in [4.78, 5) is 3.85. The van der Waals surface area contributed by atoms with Gasteiger partial charge in [-0.1, -0.05) is 0 Å². The molecule has 1 aliphatic carbocycles. The average molecular weight is 166 g/mol. The molecule has 0 aliphatic heterocycles. The second-order valence-corrected chi connectivity index (χ2v) is 2.92. The van der Waals surface area contributed by atoms with Crippen LogP contribution in [0.1, 0.15) is 28.6 Å². The van der Waals surface area contributed by atoms with Crippen LogP contribution >= 0.6 is 0 Å². The van der Waals surface area contributed by atoms with Crippen LogP contribution in [0.15, 0.2) is 18.3 Å². The maximum absolute atomic E-state index is 9.04. The van der Waals surface area contributed by atoms with E-state index in [4.69, 9.17) is 14.2 Å². The van der Waals surface area contributed by atoms with Crippen LogP contribution in [0.2, 0.25) is 0 Å². The van der Waals surface area contributed by atoms with E-state index in [2.05, 4.69) is 4.98 Å². The normalized spacial score (nSPS) is 19.7. The van der Waals surface area contributed by atoms with Crippen molar-refractivity contribution >= 4 is 12.6 Å². The van der Waals surface area contributed by atoms with Crippen molar-refractivity contribution in [3.8, 4) is 0 Å². The predicted octanol–water partition coefficient (Wildman–Crippen LogP) is -0.361. The van der Waals surface area contributed by atoms with Crippen LogP contribution in [0.25, 0.3) is 0 Å². The average Bonchev–Trinajstić information content (AvgIpc) is 2.94. The Morgan fingerprint density at radius 2 is 2.33 bits per heavy atom. The fourth-order valence-electron chi connectivity index (χ4n) is 1.02. The molecule has 0 atom stereocenters. The third kappa shape index (κ3) is 1.49. The lowest BCUT2D eigenvalue weighted by atomic mass is 9.80. The van der Waals surface area contributed by atoms with E-state index in [-0.39, 0.29) is 29.6 Å². The number of rotatable bonds is 2. The van der Waals surface area contributed by atoms with Crippen molar-refractivity contribution in [1.82, 2.24) is 4.98 Å². The summed E-state index contributed by atoms with van der Waals surface area (Å²) in [7, 11) is -1.88. The van der Waals surface area contributed by atoms with Gasteiger partial charge in [-0.2, -0.15) is 0 Å². The first-order chi connectivity index (χ1) is 7.02. The Bertz CT molecular complexity index is 409. The van der Waals surface area contributed by atoms with E-state index >= 15 is 0 Å². The molecule has 3 nitrogen and oxygen atoms in total. The fourth-order valence-corrected chi connectivity index (χ4v) is 1.02. The van der Waals surface area contributed by atoms with Crippen molar-refractivity contribution in [2.75, 3.05) is 0 Å². The highest BCUT2D eigenvalue weighted by atomic mass is 16.4. The molecular weight excluding hydrogens is 153 g/mol. The molecule has 1 aromatic heterocycles. The molecule has 0 bridgehead atoms. The van der Waals surface area contributed by atoms with Crippen molar-refractivity contribution in [3.63, 3.8) is 0 Å². The van der Waals surface area contributed by atoms with Crippen LogP contribution in [-0.4, -0.2) is 22.2 Å². The number of pyridine rings is 1. The minimum Gasteiger partial charge on any atom is -0.423 e. The summed E-state index contributed by atoms with van der Waals surface area (Å²) in [6.45, 7) is 0. The highest BCUT2D eigenvalue weighted by molar-refractivity contribution is 6.58. The third-order valence-electron chi connectivity index (χ3n) is 1.85. The molecule has 0 saturated heterocycles. The maximum atomic E-state index is 9.04. The van der Waals surface area contributed by atoms with E-state index in [1.807, 2.05) is 0 Å². The van der Waals surface area contributed by atoms with Crippen LogP contribution < -0.4 is 5.46 Å². The van der Waals surface area contributed by atoms with Gasteiger partial charge in [0.2, 0.25) is 0 Å². The molecule has 0 radical (unpaired) electrons. The Hall–Kier alpha value is -0.865. The summed E-state index contributed by atoms with van der Waals surface area (Å²) in [5.41, 5.74) is 0.205. The molecule has 62 valence electrons. The Kier molecular flexibility index (Phi) is 1.20. The predicted molar refractivity (Wildman–Crippen MR) is 46.0 cm³/mol. The minimum atomic E-state index is -1.88. The van der Waals surface area contributed by atoms with Gasteiger partial charge in [0.25, 0.3) is 0 Å². The maximum Gasteiger partial charge on any atom is 0.488 e. The summed E-state index contributed by atoms with van der Waals surface area (Å²) in [6.07, 6.45) is 1.53. The minimum absolute atomic E-state index is 0.103. The smallest absolute Gasteiger partial charge is 0.423 e. The zero-order chi connectivity index (χ0) is 11.2. The van der Waals surface area contributed by atoms with Gasteiger partial charge < -0.3 is 10.0 Å². The molecule has 12 heavy (non-hydrogen) atoms. The Morgan fingerprint density at radius 3 is 2.92 bits per heavy atom. The second-order valence-electron chi connectivity index (χ2n) is 2.92. The van der Waals surface area contributed by atoms with Gasteiger partial charge in [-0.3, -0.25) is 4.98 Å². The molecule has 1 heterocycles. The van der Waals surface area contributed by atoms with E-state index < -0.39 is 7.12 Å². The Morgan fingerprint density at radius 1 is 1.58 bits per heavy atom.